The number of thioether (sulfide) groups is 1. The molecule has 2 unspecified atom stereocenters. The van der Waals surface area contributed by atoms with E-state index >= 15 is 0 Å². The first kappa shape index (κ1) is 16.9. The van der Waals surface area contributed by atoms with Gasteiger partial charge in [0.25, 0.3) is 0 Å². The molecule has 0 spiro atoms. The van der Waals surface area contributed by atoms with E-state index in [0.717, 1.165) is 29.4 Å². The van der Waals surface area contributed by atoms with E-state index in [2.05, 4.69) is 14.8 Å². The maximum absolute atomic E-state index is 12.0. The molecule has 25 heavy (non-hydrogen) atoms. The van der Waals surface area contributed by atoms with Crippen molar-refractivity contribution in [1.82, 2.24) is 14.8 Å². The number of aromatic nitrogens is 3. The number of halogens is 1. The monoisotopic (exact) mass is 377 g/mol. The maximum atomic E-state index is 12.0. The number of benzene rings is 1. The highest BCUT2D eigenvalue weighted by Gasteiger charge is 2.35. The Bertz CT molecular complexity index is 788. The summed E-state index contributed by atoms with van der Waals surface area (Å²) in [4.78, 5) is 12.0. The van der Waals surface area contributed by atoms with Crippen molar-refractivity contribution in [3.63, 3.8) is 0 Å². The fourth-order valence-corrected chi connectivity index (χ4v) is 5.05. The zero-order valence-electron chi connectivity index (χ0n) is 14.0. The number of esters is 1. The molecule has 4 rings (SSSR count). The molecule has 1 aromatic carbocycles. The van der Waals surface area contributed by atoms with Gasteiger partial charge in [-0.25, -0.2) is 0 Å². The van der Waals surface area contributed by atoms with Gasteiger partial charge in [0, 0.05) is 18.0 Å². The molecule has 0 amide bonds. The van der Waals surface area contributed by atoms with Crippen molar-refractivity contribution >= 4 is 29.3 Å². The predicted octanol–water partition coefficient (Wildman–Crippen LogP) is 4.51. The molecule has 1 aliphatic carbocycles. The Labute approximate surface area is 156 Å². The number of cyclic esters (lactones) is 1. The summed E-state index contributed by atoms with van der Waals surface area (Å²) >= 11 is 7.87. The van der Waals surface area contributed by atoms with Crippen LogP contribution in [0.1, 0.15) is 45.1 Å². The van der Waals surface area contributed by atoms with Crippen LogP contribution >= 0.6 is 23.4 Å². The molecule has 132 valence electrons. The standard InChI is InChI=1S/C18H20ClN3O2S/c1-11-10-15(17(23)24-11)25-18-21-20-16(13-8-4-5-9-14(13)19)22(18)12-6-2-3-7-12/h4-5,8-9,11-12,15H,2-3,6-7,10H2,1H3. The van der Waals surface area contributed by atoms with Crippen LogP contribution in [0.2, 0.25) is 5.02 Å². The van der Waals surface area contributed by atoms with Crippen molar-refractivity contribution in [3.8, 4) is 11.4 Å². The van der Waals surface area contributed by atoms with E-state index < -0.39 is 0 Å². The Morgan fingerprint density at radius 3 is 2.68 bits per heavy atom. The minimum absolute atomic E-state index is 0.0316. The summed E-state index contributed by atoms with van der Waals surface area (Å²) in [5, 5.41) is 10.1. The van der Waals surface area contributed by atoms with E-state index in [-0.39, 0.29) is 17.3 Å². The highest BCUT2D eigenvalue weighted by atomic mass is 35.5. The summed E-state index contributed by atoms with van der Waals surface area (Å²) in [5.41, 5.74) is 0.887. The van der Waals surface area contributed by atoms with Gasteiger partial charge in [-0.1, -0.05) is 48.3 Å². The number of carbonyl (C=O) groups excluding carboxylic acids is 1. The number of nitrogens with zero attached hydrogens (tertiary/aromatic N) is 3. The molecule has 0 radical (unpaired) electrons. The first-order valence-electron chi connectivity index (χ1n) is 8.70. The quantitative estimate of drug-likeness (QED) is 0.733. The molecule has 1 saturated carbocycles. The van der Waals surface area contributed by atoms with E-state index in [1.54, 1.807) is 0 Å². The molecule has 5 nitrogen and oxygen atoms in total. The van der Waals surface area contributed by atoms with Crippen LogP contribution in [0, 0.1) is 0 Å². The third-order valence-electron chi connectivity index (χ3n) is 4.84. The van der Waals surface area contributed by atoms with Gasteiger partial charge in [0.15, 0.2) is 11.0 Å². The van der Waals surface area contributed by atoms with Gasteiger partial charge in [-0.15, -0.1) is 10.2 Å². The van der Waals surface area contributed by atoms with E-state index in [1.807, 2.05) is 31.2 Å². The van der Waals surface area contributed by atoms with E-state index in [4.69, 9.17) is 16.3 Å². The number of ether oxygens (including phenoxy) is 1. The van der Waals surface area contributed by atoms with E-state index in [1.165, 1.54) is 24.6 Å². The van der Waals surface area contributed by atoms with Crippen molar-refractivity contribution < 1.29 is 9.53 Å². The topological polar surface area (TPSA) is 57.0 Å². The van der Waals surface area contributed by atoms with Crippen molar-refractivity contribution in [2.45, 2.75) is 61.6 Å². The molecule has 7 heteroatoms. The smallest absolute Gasteiger partial charge is 0.319 e. The van der Waals surface area contributed by atoms with Gasteiger partial charge in [0.05, 0.1) is 5.02 Å². The normalized spacial score (nSPS) is 24.0. The molecule has 1 aliphatic heterocycles. The lowest BCUT2D eigenvalue weighted by molar-refractivity contribution is -0.140. The van der Waals surface area contributed by atoms with Gasteiger partial charge in [0.2, 0.25) is 0 Å². The summed E-state index contributed by atoms with van der Waals surface area (Å²) in [6.45, 7) is 1.93. The Morgan fingerprint density at radius 1 is 1.24 bits per heavy atom. The first-order valence-corrected chi connectivity index (χ1v) is 9.96. The summed E-state index contributed by atoms with van der Waals surface area (Å²) in [6.07, 6.45) is 5.30. The zero-order valence-corrected chi connectivity index (χ0v) is 15.6. The number of carbonyl (C=O) groups is 1. The Hall–Kier alpha value is -1.53. The van der Waals surface area contributed by atoms with E-state index in [9.17, 15) is 4.79 Å². The van der Waals surface area contributed by atoms with Crippen LogP contribution in [0.4, 0.5) is 0 Å². The largest absolute Gasteiger partial charge is 0.462 e. The summed E-state index contributed by atoms with van der Waals surface area (Å²) < 4.78 is 7.47. The molecule has 0 N–H and O–H groups in total. The van der Waals surface area contributed by atoms with Gasteiger partial charge in [-0.05, 0) is 31.9 Å². The van der Waals surface area contributed by atoms with Crippen LogP contribution < -0.4 is 0 Å². The van der Waals surface area contributed by atoms with Crippen LogP contribution in [-0.4, -0.2) is 32.1 Å². The fourth-order valence-electron chi connectivity index (χ4n) is 3.62. The molecule has 1 saturated heterocycles. The Balaban J connectivity index is 1.72. The van der Waals surface area contributed by atoms with E-state index in [0.29, 0.717) is 17.5 Å². The summed E-state index contributed by atoms with van der Waals surface area (Å²) in [6, 6.07) is 8.07. The molecular weight excluding hydrogens is 358 g/mol. The van der Waals surface area contributed by atoms with Gasteiger partial charge in [0.1, 0.15) is 11.4 Å². The lowest BCUT2D eigenvalue weighted by Crippen LogP contribution is -2.13. The van der Waals surface area contributed by atoms with Crippen molar-refractivity contribution in [3.05, 3.63) is 29.3 Å². The number of hydrogen-bond acceptors (Lipinski definition) is 5. The van der Waals surface area contributed by atoms with Crippen LogP contribution in [0.25, 0.3) is 11.4 Å². The van der Waals surface area contributed by atoms with Crippen molar-refractivity contribution in [1.29, 1.82) is 0 Å². The van der Waals surface area contributed by atoms with Gasteiger partial charge < -0.3 is 4.74 Å². The third kappa shape index (κ3) is 3.29. The SMILES string of the molecule is CC1CC(Sc2nnc(-c3ccccc3Cl)n2C2CCCC2)C(=O)O1. The van der Waals surface area contributed by atoms with Crippen molar-refractivity contribution in [2.75, 3.05) is 0 Å². The second kappa shape index (κ2) is 7.00. The lowest BCUT2D eigenvalue weighted by atomic mass is 10.2. The number of rotatable bonds is 4. The number of hydrogen-bond donors (Lipinski definition) is 0. The molecular formula is C18H20ClN3O2S. The average molecular weight is 378 g/mol. The third-order valence-corrected chi connectivity index (χ3v) is 6.33. The highest BCUT2D eigenvalue weighted by Crippen LogP contribution is 2.40. The second-order valence-corrected chi connectivity index (χ2v) is 8.26. The van der Waals surface area contributed by atoms with Crippen LogP contribution in [0.3, 0.4) is 0 Å². The van der Waals surface area contributed by atoms with Gasteiger partial charge in [-0.3, -0.25) is 9.36 Å². The minimum Gasteiger partial charge on any atom is -0.462 e. The van der Waals surface area contributed by atoms with Crippen LogP contribution in [0.5, 0.6) is 0 Å². The zero-order chi connectivity index (χ0) is 17.4. The summed E-state index contributed by atoms with van der Waals surface area (Å²) in [5.74, 6) is 0.636. The Kier molecular flexibility index (Phi) is 4.73. The molecule has 2 fully saturated rings. The second-order valence-electron chi connectivity index (χ2n) is 6.68. The average Bonchev–Trinajstić information content (AvgIpc) is 3.29. The molecule has 2 aliphatic rings. The maximum Gasteiger partial charge on any atom is 0.319 e. The minimum atomic E-state index is -0.210. The highest BCUT2D eigenvalue weighted by molar-refractivity contribution is 8.00. The lowest BCUT2D eigenvalue weighted by Gasteiger charge is -2.18. The molecule has 0 bridgehead atoms. The Morgan fingerprint density at radius 2 is 2.00 bits per heavy atom. The predicted molar refractivity (Wildman–Crippen MR) is 97.8 cm³/mol. The van der Waals surface area contributed by atoms with Gasteiger partial charge in [-0.2, -0.15) is 0 Å². The van der Waals surface area contributed by atoms with Crippen LogP contribution in [0.15, 0.2) is 29.4 Å². The molecule has 1 aromatic heterocycles. The fraction of sp³-hybridized carbons (Fsp3) is 0.500. The molecule has 2 atom stereocenters. The summed E-state index contributed by atoms with van der Waals surface area (Å²) in [7, 11) is 0. The van der Waals surface area contributed by atoms with Gasteiger partial charge >= 0.3 is 5.97 Å². The molecule has 2 aromatic rings. The van der Waals surface area contributed by atoms with Crippen LogP contribution in [-0.2, 0) is 9.53 Å². The van der Waals surface area contributed by atoms with Crippen molar-refractivity contribution in [2.24, 2.45) is 0 Å². The first-order chi connectivity index (χ1) is 12.1. The molecule has 2 heterocycles.